The van der Waals surface area contributed by atoms with E-state index in [1.54, 1.807) is 12.1 Å². The number of methoxy groups -OCH3 is 1. The van der Waals surface area contributed by atoms with Gasteiger partial charge in [0.25, 0.3) is 5.89 Å². The lowest BCUT2D eigenvalue weighted by Crippen LogP contribution is -2.67. The van der Waals surface area contributed by atoms with Crippen molar-refractivity contribution in [2.75, 3.05) is 33.1 Å². The second kappa shape index (κ2) is 9.23. The first-order valence-corrected chi connectivity index (χ1v) is 12.1. The van der Waals surface area contributed by atoms with Gasteiger partial charge in [0, 0.05) is 35.9 Å². The summed E-state index contributed by atoms with van der Waals surface area (Å²) in [5.41, 5.74) is 0.207. The Morgan fingerprint density at radius 1 is 1.36 bits per heavy atom. The van der Waals surface area contributed by atoms with Gasteiger partial charge >= 0.3 is 6.09 Å². The molecule has 8 nitrogen and oxygen atoms in total. The van der Waals surface area contributed by atoms with Crippen LogP contribution in [0.2, 0.25) is 0 Å². The molecule has 10 heteroatoms. The summed E-state index contributed by atoms with van der Waals surface area (Å²) < 4.78 is 34.4. The van der Waals surface area contributed by atoms with Crippen molar-refractivity contribution >= 4 is 17.9 Å². The predicted molar refractivity (Wildman–Crippen MR) is 120 cm³/mol. The maximum Gasteiger partial charge on any atom is 0.410 e. The first kappa shape index (κ1) is 24.0. The molecule has 0 bridgehead atoms. The summed E-state index contributed by atoms with van der Waals surface area (Å²) in [5, 5.41) is 3.76. The van der Waals surface area contributed by atoms with Gasteiger partial charge in [-0.25, -0.2) is 9.18 Å². The number of benzene rings is 1. The molecule has 2 saturated heterocycles. The van der Waals surface area contributed by atoms with Crippen LogP contribution >= 0.6 is 11.8 Å². The molecule has 1 spiro atoms. The van der Waals surface area contributed by atoms with Crippen LogP contribution in [0.1, 0.15) is 33.1 Å². The Hall–Kier alpha value is -2.17. The molecule has 3 unspecified atom stereocenters. The van der Waals surface area contributed by atoms with Crippen molar-refractivity contribution in [2.24, 2.45) is 11.8 Å². The molecule has 1 aliphatic carbocycles. The van der Waals surface area contributed by atoms with Crippen molar-refractivity contribution in [1.82, 2.24) is 15.0 Å². The predicted octanol–water partition coefficient (Wildman–Crippen LogP) is 4.39. The number of aromatic nitrogens is 2. The Morgan fingerprint density at radius 3 is 2.70 bits per heavy atom. The molecule has 1 aromatic heterocycles. The Labute approximate surface area is 197 Å². The molecular formula is C23H30FN3O5S. The zero-order valence-corrected chi connectivity index (χ0v) is 20.4. The van der Waals surface area contributed by atoms with Crippen LogP contribution < -0.4 is 0 Å². The van der Waals surface area contributed by atoms with Gasteiger partial charge in [-0.05, 0) is 51.6 Å². The van der Waals surface area contributed by atoms with Gasteiger partial charge in [-0.15, -0.1) is 11.8 Å². The van der Waals surface area contributed by atoms with Crippen molar-refractivity contribution in [1.29, 1.82) is 0 Å². The van der Waals surface area contributed by atoms with Gasteiger partial charge in [0.2, 0.25) is 5.82 Å². The largest absolute Gasteiger partial charge is 0.444 e. The zero-order chi connectivity index (χ0) is 23.8. The monoisotopic (exact) mass is 479 g/mol. The lowest BCUT2D eigenvalue weighted by Gasteiger charge is -2.59. The third-order valence-corrected chi connectivity index (χ3v) is 6.95. The van der Waals surface area contributed by atoms with Crippen LogP contribution in [0.15, 0.2) is 27.6 Å². The van der Waals surface area contributed by atoms with Crippen LogP contribution in [0.3, 0.4) is 0 Å². The van der Waals surface area contributed by atoms with E-state index in [1.807, 2.05) is 31.9 Å². The van der Waals surface area contributed by atoms with Gasteiger partial charge < -0.3 is 23.6 Å². The fourth-order valence-electron chi connectivity index (χ4n) is 4.50. The molecule has 2 aromatic rings. The van der Waals surface area contributed by atoms with Gasteiger partial charge in [-0.1, -0.05) is 5.16 Å². The molecule has 3 heterocycles. The van der Waals surface area contributed by atoms with Crippen LogP contribution in [-0.2, 0) is 20.8 Å². The summed E-state index contributed by atoms with van der Waals surface area (Å²) in [5.74, 6) is 1.71. The molecule has 3 fully saturated rings. The van der Waals surface area contributed by atoms with Gasteiger partial charge in [0.15, 0.2) is 0 Å². The van der Waals surface area contributed by atoms with E-state index in [0.29, 0.717) is 34.0 Å². The molecule has 1 saturated carbocycles. The second-order valence-electron chi connectivity index (χ2n) is 9.55. The number of halogens is 1. The lowest BCUT2D eigenvalue weighted by atomic mass is 9.59. The minimum atomic E-state index is -0.406. The average Bonchev–Trinajstić information content (AvgIpc) is 3.35. The van der Waals surface area contributed by atoms with E-state index in [4.69, 9.17) is 18.7 Å². The number of hydrogen-bond donors (Lipinski definition) is 0. The van der Waals surface area contributed by atoms with Gasteiger partial charge in [-0.3, -0.25) is 0 Å². The van der Waals surface area contributed by atoms with Crippen LogP contribution in [0, 0.1) is 17.7 Å². The van der Waals surface area contributed by atoms with Gasteiger partial charge in [0.1, 0.15) is 18.0 Å². The summed E-state index contributed by atoms with van der Waals surface area (Å²) in [4.78, 5) is 18.4. The number of carbonyl (C=O) groups is 1. The molecule has 33 heavy (non-hydrogen) atoms. The van der Waals surface area contributed by atoms with E-state index in [2.05, 4.69) is 10.1 Å². The summed E-state index contributed by atoms with van der Waals surface area (Å²) in [6.07, 6.45) is 2.85. The summed E-state index contributed by atoms with van der Waals surface area (Å²) >= 11 is 1.35. The number of carbonyl (C=O) groups excluding carboxylic acids is 1. The van der Waals surface area contributed by atoms with Crippen molar-refractivity contribution in [3.63, 3.8) is 0 Å². The Balaban J connectivity index is 0.000000157. The second-order valence-corrected chi connectivity index (χ2v) is 10.4. The normalized spacial score (nSPS) is 25.2. The Kier molecular flexibility index (Phi) is 6.70. The fourth-order valence-corrected chi connectivity index (χ4v) is 4.96. The third-order valence-electron chi connectivity index (χ3n) is 6.18. The number of nitrogens with zero attached hydrogens (tertiary/aromatic N) is 3. The molecule has 3 atom stereocenters. The molecular weight excluding hydrogens is 449 g/mol. The first-order chi connectivity index (χ1) is 15.6. The molecule has 0 N–H and O–H groups in total. The fraction of sp³-hybridized carbons (Fsp3) is 0.609. The van der Waals surface area contributed by atoms with Crippen LogP contribution in [0.4, 0.5) is 9.18 Å². The van der Waals surface area contributed by atoms with E-state index in [0.717, 1.165) is 19.7 Å². The van der Waals surface area contributed by atoms with Crippen molar-refractivity contribution in [2.45, 2.75) is 49.9 Å². The maximum atomic E-state index is 13.6. The van der Waals surface area contributed by atoms with Crippen molar-refractivity contribution in [3.8, 4) is 11.4 Å². The van der Waals surface area contributed by atoms with Gasteiger partial charge in [0.05, 0.1) is 18.8 Å². The van der Waals surface area contributed by atoms with E-state index in [-0.39, 0.29) is 24.1 Å². The quantitative estimate of drug-likeness (QED) is 0.597. The van der Waals surface area contributed by atoms with Crippen molar-refractivity contribution in [3.05, 3.63) is 29.9 Å². The number of amides is 1. The molecule has 1 amide bonds. The highest BCUT2D eigenvalue weighted by molar-refractivity contribution is 7.98. The highest BCUT2D eigenvalue weighted by Crippen LogP contribution is 2.58. The Bertz CT molecular complexity index is 1010. The number of hydrogen-bond acceptors (Lipinski definition) is 8. The van der Waals surface area contributed by atoms with Crippen LogP contribution in [0.5, 0.6) is 0 Å². The Morgan fingerprint density at radius 2 is 2.15 bits per heavy atom. The van der Waals surface area contributed by atoms with E-state index >= 15 is 0 Å². The van der Waals surface area contributed by atoms with Crippen LogP contribution in [-0.4, -0.2) is 65.4 Å². The van der Waals surface area contributed by atoms with Crippen molar-refractivity contribution < 1.29 is 27.9 Å². The minimum absolute atomic E-state index is 0.0247. The van der Waals surface area contributed by atoms with Crippen LogP contribution in [0.25, 0.3) is 11.4 Å². The number of rotatable bonds is 4. The number of likely N-dealkylation sites (tertiary alicyclic amines) is 1. The molecule has 0 radical (unpaired) electrons. The molecule has 180 valence electrons. The summed E-state index contributed by atoms with van der Waals surface area (Å²) in [6.45, 7) is 8.38. The standard InChI is InChI=1S/C12H19NO3.C11H11FN2O2S/c1-11(2,3)16-10(14)13-5-8-4-9-6-15-12(8,9)7-13;1-15-6-10-13-11(14-16-10)7-3-4-9(17-2)8(12)5-7/h8-9H,4-7H2,1-3H3;3-5H,6H2,1-2H3. The third kappa shape index (κ3) is 4.88. The van der Waals surface area contributed by atoms with Gasteiger partial charge in [-0.2, -0.15) is 4.98 Å². The SMILES string of the molecule is CC(C)(C)OC(=O)N1CC2CC3COC32C1.COCc1nc(-c2ccc(SC)c(F)c2)no1. The average molecular weight is 480 g/mol. The zero-order valence-electron chi connectivity index (χ0n) is 19.6. The highest BCUT2D eigenvalue weighted by atomic mass is 32.2. The minimum Gasteiger partial charge on any atom is -0.444 e. The molecule has 2 aliphatic heterocycles. The number of ether oxygens (including phenoxy) is 3. The molecule has 1 aromatic carbocycles. The maximum absolute atomic E-state index is 13.6. The smallest absolute Gasteiger partial charge is 0.410 e. The molecule has 3 aliphatic rings. The molecule has 5 rings (SSSR count). The van der Waals surface area contributed by atoms with E-state index < -0.39 is 5.60 Å². The van der Waals surface area contributed by atoms with E-state index in [1.165, 1.54) is 31.4 Å². The van der Waals surface area contributed by atoms with E-state index in [9.17, 15) is 9.18 Å². The first-order valence-electron chi connectivity index (χ1n) is 10.9. The lowest BCUT2D eigenvalue weighted by molar-refractivity contribution is -0.278. The number of thioether (sulfide) groups is 1. The topological polar surface area (TPSA) is 86.9 Å². The highest BCUT2D eigenvalue weighted by Gasteiger charge is 2.67. The summed E-state index contributed by atoms with van der Waals surface area (Å²) in [7, 11) is 1.54. The summed E-state index contributed by atoms with van der Waals surface area (Å²) in [6, 6.07) is 4.85.